The number of carbonyl (C=O) groups is 4. The van der Waals surface area contributed by atoms with Gasteiger partial charge in [-0.15, -0.1) is 0 Å². The van der Waals surface area contributed by atoms with Crippen LogP contribution in [0.5, 0.6) is 5.75 Å². The Balaban J connectivity index is 1.83. The summed E-state index contributed by atoms with van der Waals surface area (Å²) in [6, 6.07) is 6.56. The predicted molar refractivity (Wildman–Crippen MR) is 108 cm³/mol. The number of nitrogens with one attached hydrogen (secondary N) is 1. The summed E-state index contributed by atoms with van der Waals surface area (Å²) in [4.78, 5) is 50.4. The van der Waals surface area contributed by atoms with Crippen LogP contribution in [0, 0.1) is 13.8 Å². The zero-order valence-electron chi connectivity index (χ0n) is 17.5. The minimum Gasteiger partial charge on any atom is -0.493 e. The highest BCUT2D eigenvalue weighted by atomic mass is 16.5. The third kappa shape index (κ3) is 5.79. The number of benzene rings is 1. The van der Waals surface area contributed by atoms with Gasteiger partial charge in [-0.25, -0.2) is 4.79 Å². The van der Waals surface area contributed by atoms with Crippen LogP contribution in [0.25, 0.3) is 0 Å². The van der Waals surface area contributed by atoms with Gasteiger partial charge in [0.1, 0.15) is 5.75 Å². The number of ether oxygens (including phenoxy) is 3. The van der Waals surface area contributed by atoms with Gasteiger partial charge < -0.3 is 19.2 Å². The van der Waals surface area contributed by atoms with Gasteiger partial charge in [-0.05, 0) is 57.5 Å². The Morgan fingerprint density at radius 1 is 1.00 bits per heavy atom. The first-order valence-electron chi connectivity index (χ1n) is 9.53. The van der Waals surface area contributed by atoms with Crippen molar-refractivity contribution in [3.05, 3.63) is 52.3 Å². The molecule has 0 aliphatic carbocycles. The second-order valence-corrected chi connectivity index (χ2v) is 6.61. The molecule has 0 spiro atoms. The van der Waals surface area contributed by atoms with Crippen LogP contribution < -0.4 is 4.74 Å². The second-order valence-electron chi connectivity index (χ2n) is 6.61. The lowest BCUT2D eigenvalue weighted by molar-refractivity contribution is -0.143. The molecule has 2 aromatic rings. The molecular weight excluding hydrogens is 390 g/mol. The molecule has 8 heteroatoms. The number of aromatic amines is 1. The summed E-state index contributed by atoms with van der Waals surface area (Å²) in [5.41, 5.74) is 2.08. The van der Waals surface area contributed by atoms with E-state index in [2.05, 4.69) is 4.98 Å². The second kappa shape index (κ2) is 10.4. The Morgan fingerprint density at radius 2 is 1.67 bits per heavy atom. The molecule has 1 N–H and O–H groups in total. The molecule has 1 aromatic heterocycles. The standard InChI is InChI=1S/C22H25NO7/c1-5-28-22(27)20-13(2)21(23-14(20)3)18(25)12-30-19(26)10-11-29-17-8-6-16(7-9-17)15(4)24/h6-9,23H,5,10-12H2,1-4H3. The van der Waals surface area contributed by atoms with E-state index in [1.54, 1.807) is 45.0 Å². The molecule has 30 heavy (non-hydrogen) atoms. The number of hydrogen-bond acceptors (Lipinski definition) is 7. The lowest BCUT2D eigenvalue weighted by Gasteiger charge is -2.07. The number of carbonyl (C=O) groups excluding carboxylic acids is 4. The van der Waals surface area contributed by atoms with Crippen molar-refractivity contribution < 1.29 is 33.4 Å². The molecule has 8 nitrogen and oxygen atoms in total. The first-order chi connectivity index (χ1) is 14.2. The van der Waals surface area contributed by atoms with E-state index in [1.165, 1.54) is 6.92 Å². The van der Waals surface area contributed by atoms with Crippen molar-refractivity contribution in [3.8, 4) is 5.75 Å². The molecule has 0 bridgehead atoms. The molecule has 1 aromatic carbocycles. The van der Waals surface area contributed by atoms with Gasteiger partial charge in [0, 0.05) is 11.3 Å². The van der Waals surface area contributed by atoms with Gasteiger partial charge in [-0.3, -0.25) is 14.4 Å². The Bertz CT molecular complexity index is 941. The number of aryl methyl sites for hydroxylation is 1. The van der Waals surface area contributed by atoms with E-state index >= 15 is 0 Å². The number of H-pyrrole nitrogens is 1. The summed E-state index contributed by atoms with van der Waals surface area (Å²) in [6.07, 6.45) is -0.0431. The first kappa shape index (κ1) is 22.9. The number of ketones is 2. The largest absolute Gasteiger partial charge is 0.493 e. The van der Waals surface area contributed by atoms with Gasteiger partial charge in [0.05, 0.1) is 30.9 Å². The van der Waals surface area contributed by atoms with Crippen LogP contribution in [0.3, 0.4) is 0 Å². The van der Waals surface area contributed by atoms with Gasteiger partial charge in [0.25, 0.3) is 0 Å². The fourth-order valence-electron chi connectivity index (χ4n) is 2.87. The molecule has 0 aliphatic rings. The van der Waals surface area contributed by atoms with Crippen LogP contribution in [-0.2, 0) is 14.3 Å². The zero-order valence-corrected chi connectivity index (χ0v) is 17.5. The molecule has 0 aliphatic heterocycles. The Labute approximate surface area is 174 Å². The molecule has 0 unspecified atom stereocenters. The van der Waals surface area contributed by atoms with Gasteiger partial charge >= 0.3 is 11.9 Å². The molecule has 0 fully saturated rings. The monoisotopic (exact) mass is 415 g/mol. The zero-order chi connectivity index (χ0) is 22.3. The predicted octanol–water partition coefficient (Wildman–Crippen LogP) is 3.21. The smallest absolute Gasteiger partial charge is 0.340 e. The lowest BCUT2D eigenvalue weighted by atomic mass is 10.1. The topological polar surface area (TPSA) is 112 Å². The number of Topliss-reactive ketones (excluding diaryl/α,β-unsaturated/α-hetero) is 2. The highest BCUT2D eigenvalue weighted by molar-refractivity contribution is 6.02. The van der Waals surface area contributed by atoms with E-state index in [-0.39, 0.29) is 31.1 Å². The van der Waals surface area contributed by atoms with E-state index in [9.17, 15) is 19.2 Å². The maximum Gasteiger partial charge on any atom is 0.340 e. The van der Waals surface area contributed by atoms with Crippen LogP contribution in [0.1, 0.15) is 62.7 Å². The van der Waals surface area contributed by atoms with Gasteiger partial charge in [-0.1, -0.05) is 0 Å². The van der Waals surface area contributed by atoms with Crippen molar-refractivity contribution in [1.29, 1.82) is 0 Å². The Kier molecular flexibility index (Phi) is 7.91. The van der Waals surface area contributed by atoms with E-state index in [0.29, 0.717) is 28.1 Å². The average molecular weight is 415 g/mol. The summed E-state index contributed by atoms with van der Waals surface area (Å²) < 4.78 is 15.4. The van der Waals surface area contributed by atoms with Crippen LogP contribution in [0.2, 0.25) is 0 Å². The van der Waals surface area contributed by atoms with Crippen molar-refractivity contribution in [2.24, 2.45) is 0 Å². The fourth-order valence-corrected chi connectivity index (χ4v) is 2.87. The molecular formula is C22H25NO7. The highest BCUT2D eigenvalue weighted by Gasteiger charge is 2.23. The van der Waals surface area contributed by atoms with Crippen LogP contribution >= 0.6 is 0 Å². The minimum atomic E-state index is -0.588. The number of esters is 2. The summed E-state index contributed by atoms with van der Waals surface area (Å²) in [5, 5.41) is 0. The summed E-state index contributed by atoms with van der Waals surface area (Å²) in [6.45, 7) is 6.33. The molecule has 0 saturated heterocycles. The third-order valence-corrected chi connectivity index (χ3v) is 4.40. The van der Waals surface area contributed by atoms with E-state index in [1.807, 2.05) is 0 Å². The van der Waals surface area contributed by atoms with Crippen molar-refractivity contribution in [3.63, 3.8) is 0 Å². The van der Waals surface area contributed by atoms with Crippen molar-refractivity contribution in [2.75, 3.05) is 19.8 Å². The molecule has 1 heterocycles. The quantitative estimate of drug-likeness (QED) is 0.468. The number of hydrogen-bond donors (Lipinski definition) is 1. The maximum absolute atomic E-state index is 12.4. The number of rotatable bonds is 10. The van der Waals surface area contributed by atoms with E-state index < -0.39 is 24.3 Å². The van der Waals surface area contributed by atoms with Crippen molar-refractivity contribution >= 4 is 23.5 Å². The molecule has 0 saturated carbocycles. The Hall–Kier alpha value is -3.42. The van der Waals surface area contributed by atoms with Gasteiger partial charge in [0.2, 0.25) is 5.78 Å². The summed E-state index contributed by atoms with van der Waals surface area (Å²) >= 11 is 0. The lowest BCUT2D eigenvalue weighted by Crippen LogP contribution is -2.17. The van der Waals surface area contributed by atoms with E-state index in [0.717, 1.165) is 0 Å². The average Bonchev–Trinajstić information content (AvgIpc) is 3.01. The fraction of sp³-hybridized carbons (Fsp3) is 0.364. The van der Waals surface area contributed by atoms with Crippen LogP contribution in [0.15, 0.2) is 24.3 Å². The minimum absolute atomic E-state index is 0.0431. The molecule has 0 radical (unpaired) electrons. The summed E-state index contributed by atoms with van der Waals surface area (Å²) in [7, 11) is 0. The molecule has 2 rings (SSSR count). The van der Waals surface area contributed by atoms with Crippen molar-refractivity contribution in [1.82, 2.24) is 4.98 Å². The van der Waals surface area contributed by atoms with Crippen LogP contribution in [0.4, 0.5) is 0 Å². The first-order valence-corrected chi connectivity index (χ1v) is 9.53. The number of aromatic nitrogens is 1. The normalized spacial score (nSPS) is 10.4. The SMILES string of the molecule is CCOC(=O)c1c(C)[nH]c(C(=O)COC(=O)CCOc2ccc(C(C)=O)cc2)c1C. The molecule has 0 atom stereocenters. The highest BCUT2D eigenvalue weighted by Crippen LogP contribution is 2.19. The summed E-state index contributed by atoms with van der Waals surface area (Å²) in [5.74, 6) is -1.06. The van der Waals surface area contributed by atoms with E-state index in [4.69, 9.17) is 14.2 Å². The maximum atomic E-state index is 12.4. The Morgan fingerprint density at radius 3 is 2.27 bits per heavy atom. The van der Waals surface area contributed by atoms with Gasteiger partial charge in [-0.2, -0.15) is 0 Å². The third-order valence-electron chi connectivity index (χ3n) is 4.40. The van der Waals surface area contributed by atoms with Gasteiger partial charge in [0.15, 0.2) is 12.4 Å². The molecule has 160 valence electrons. The van der Waals surface area contributed by atoms with Crippen molar-refractivity contribution in [2.45, 2.75) is 34.1 Å². The molecule has 0 amide bonds. The van der Waals surface area contributed by atoms with Crippen LogP contribution in [-0.4, -0.2) is 48.3 Å².